The van der Waals surface area contributed by atoms with Crippen molar-refractivity contribution in [2.75, 3.05) is 13.6 Å². The number of hydrogen-bond donors (Lipinski definition) is 1. The third-order valence-corrected chi connectivity index (χ3v) is 1.42. The summed E-state index contributed by atoms with van der Waals surface area (Å²) in [6.45, 7) is 0.527. The normalized spacial score (nSPS) is 9.15. The van der Waals surface area contributed by atoms with E-state index in [1.165, 1.54) is 6.07 Å². The molecule has 0 aliphatic carbocycles. The summed E-state index contributed by atoms with van der Waals surface area (Å²) in [5, 5.41) is 2.82. The fourth-order valence-corrected chi connectivity index (χ4v) is 0.809. The molecule has 0 saturated carbocycles. The van der Waals surface area contributed by atoms with Gasteiger partial charge < -0.3 is 5.32 Å². The lowest BCUT2D eigenvalue weighted by molar-refractivity contribution is 0.508. The first-order valence-electron chi connectivity index (χ1n) is 3.82. The fourth-order valence-electron chi connectivity index (χ4n) is 0.809. The molecule has 1 rings (SSSR count). The van der Waals surface area contributed by atoms with Crippen LogP contribution in [-0.2, 0) is 0 Å². The highest BCUT2D eigenvalue weighted by molar-refractivity contribution is 5.34. The average Bonchev–Trinajstić information content (AvgIpc) is 2.12. The van der Waals surface area contributed by atoms with Crippen LogP contribution in [0.15, 0.2) is 18.2 Å². The molecule has 1 aromatic carbocycles. The zero-order valence-electron chi connectivity index (χ0n) is 7.20. The van der Waals surface area contributed by atoms with E-state index >= 15 is 0 Å². The molecule has 0 atom stereocenters. The molecule has 0 unspecified atom stereocenters. The van der Waals surface area contributed by atoms with Crippen LogP contribution in [0.1, 0.15) is 5.56 Å². The van der Waals surface area contributed by atoms with E-state index < -0.39 is 11.6 Å². The highest BCUT2D eigenvalue weighted by atomic mass is 19.2. The second-order valence-electron chi connectivity index (χ2n) is 2.46. The van der Waals surface area contributed by atoms with Crippen LogP contribution in [0, 0.1) is 23.5 Å². The molecule has 0 heterocycles. The lowest BCUT2D eigenvalue weighted by atomic mass is 10.2. The van der Waals surface area contributed by atoms with E-state index in [-0.39, 0.29) is 0 Å². The highest BCUT2D eigenvalue weighted by Crippen LogP contribution is 2.06. The standard InChI is InChI=1S/C10H9F2N/c1-13-6-2-3-8-4-5-9(11)10(12)7-8/h4-5,7,13H,6H2,1H3. The Morgan fingerprint density at radius 1 is 1.31 bits per heavy atom. The number of rotatable bonds is 1. The van der Waals surface area contributed by atoms with Gasteiger partial charge in [-0.2, -0.15) is 0 Å². The lowest BCUT2D eigenvalue weighted by Gasteiger charge is -1.92. The maximum atomic E-state index is 12.6. The maximum Gasteiger partial charge on any atom is 0.160 e. The minimum Gasteiger partial charge on any atom is -0.309 e. The summed E-state index contributed by atoms with van der Waals surface area (Å²) in [6, 6.07) is 3.60. The van der Waals surface area contributed by atoms with Gasteiger partial charge in [-0.25, -0.2) is 8.78 Å². The van der Waals surface area contributed by atoms with Gasteiger partial charge in [-0.3, -0.25) is 0 Å². The molecule has 0 bridgehead atoms. The number of benzene rings is 1. The van der Waals surface area contributed by atoms with Gasteiger partial charge in [0, 0.05) is 5.56 Å². The summed E-state index contributed by atoms with van der Waals surface area (Å²) in [6.07, 6.45) is 0. The smallest absolute Gasteiger partial charge is 0.160 e. The second kappa shape index (κ2) is 4.58. The molecule has 0 saturated heterocycles. The second-order valence-corrected chi connectivity index (χ2v) is 2.46. The molecule has 3 heteroatoms. The fraction of sp³-hybridized carbons (Fsp3) is 0.200. The van der Waals surface area contributed by atoms with Crippen molar-refractivity contribution < 1.29 is 8.78 Å². The van der Waals surface area contributed by atoms with Crippen molar-refractivity contribution in [1.29, 1.82) is 0 Å². The van der Waals surface area contributed by atoms with Crippen molar-refractivity contribution in [1.82, 2.24) is 5.32 Å². The van der Waals surface area contributed by atoms with Gasteiger partial charge in [0.05, 0.1) is 6.54 Å². The largest absolute Gasteiger partial charge is 0.309 e. The Bertz CT molecular complexity index is 350. The molecule has 0 fully saturated rings. The van der Waals surface area contributed by atoms with E-state index in [4.69, 9.17) is 0 Å². The van der Waals surface area contributed by atoms with E-state index in [0.717, 1.165) is 12.1 Å². The van der Waals surface area contributed by atoms with Crippen LogP contribution < -0.4 is 5.32 Å². The Morgan fingerprint density at radius 3 is 2.69 bits per heavy atom. The molecule has 1 aromatic rings. The Balaban J connectivity index is 2.81. The lowest BCUT2D eigenvalue weighted by Crippen LogP contribution is -2.04. The first-order chi connectivity index (χ1) is 6.24. The summed E-state index contributed by atoms with van der Waals surface area (Å²) in [4.78, 5) is 0. The van der Waals surface area contributed by atoms with Crippen molar-refractivity contribution in [3.8, 4) is 11.8 Å². The molecule has 68 valence electrons. The number of halogens is 2. The van der Waals surface area contributed by atoms with Crippen LogP contribution in [0.25, 0.3) is 0 Å². The Labute approximate surface area is 75.8 Å². The molecule has 0 aliphatic rings. The molecular weight excluding hydrogens is 172 g/mol. The van der Waals surface area contributed by atoms with Crippen LogP contribution in [0.4, 0.5) is 8.78 Å². The molecule has 0 aliphatic heterocycles. The SMILES string of the molecule is CNCC#Cc1ccc(F)c(F)c1. The van der Waals surface area contributed by atoms with E-state index in [2.05, 4.69) is 17.2 Å². The van der Waals surface area contributed by atoms with Crippen LogP contribution in [0.5, 0.6) is 0 Å². The molecule has 0 aromatic heterocycles. The summed E-state index contributed by atoms with van der Waals surface area (Å²) >= 11 is 0. The summed E-state index contributed by atoms with van der Waals surface area (Å²) in [7, 11) is 1.76. The Hall–Kier alpha value is -1.40. The Kier molecular flexibility index (Phi) is 3.41. The number of hydrogen-bond acceptors (Lipinski definition) is 1. The van der Waals surface area contributed by atoms with Gasteiger partial charge in [0.1, 0.15) is 0 Å². The van der Waals surface area contributed by atoms with Gasteiger partial charge in [0.15, 0.2) is 11.6 Å². The van der Waals surface area contributed by atoms with Crippen molar-refractivity contribution in [2.24, 2.45) is 0 Å². The van der Waals surface area contributed by atoms with Crippen molar-refractivity contribution in [3.63, 3.8) is 0 Å². The van der Waals surface area contributed by atoms with E-state index in [1.807, 2.05) is 0 Å². The van der Waals surface area contributed by atoms with Crippen molar-refractivity contribution >= 4 is 0 Å². The van der Waals surface area contributed by atoms with E-state index in [1.54, 1.807) is 7.05 Å². The minimum absolute atomic E-state index is 0.481. The molecular formula is C10H9F2N. The first-order valence-corrected chi connectivity index (χ1v) is 3.82. The summed E-state index contributed by atoms with van der Waals surface area (Å²) < 4.78 is 25.1. The minimum atomic E-state index is -0.865. The van der Waals surface area contributed by atoms with Gasteiger partial charge in [0.25, 0.3) is 0 Å². The summed E-state index contributed by atoms with van der Waals surface area (Å²) in [5.41, 5.74) is 0.481. The zero-order chi connectivity index (χ0) is 9.68. The van der Waals surface area contributed by atoms with Crippen LogP contribution in [0.2, 0.25) is 0 Å². The van der Waals surface area contributed by atoms with Gasteiger partial charge in [-0.05, 0) is 25.2 Å². The zero-order valence-corrected chi connectivity index (χ0v) is 7.20. The van der Waals surface area contributed by atoms with Crippen LogP contribution in [0.3, 0.4) is 0 Å². The average molecular weight is 181 g/mol. The predicted molar refractivity (Wildman–Crippen MR) is 47.2 cm³/mol. The third-order valence-electron chi connectivity index (χ3n) is 1.42. The van der Waals surface area contributed by atoms with Crippen LogP contribution >= 0.6 is 0 Å². The first kappa shape index (κ1) is 9.69. The quantitative estimate of drug-likeness (QED) is 0.648. The van der Waals surface area contributed by atoms with Gasteiger partial charge in [-0.1, -0.05) is 11.8 Å². The topological polar surface area (TPSA) is 12.0 Å². The van der Waals surface area contributed by atoms with E-state index in [0.29, 0.717) is 12.1 Å². The molecule has 1 nitrogen and oxygen atoms in total. The molecule has 0 amide bonds. The Morgan fingerprint density at radius 2 is 2.08 bits per heavy atom. The highest BCUT2D eigenvalue weighted by Gasteiger charge is 1.99. The third kappa shape index (κ3) is 2.85. The molecule has 1 N–H and O–H groups in total. The van der Waals surface area contributed by atoms with Gasteiger partial charge in [0.2, 0.25) is 0 Å². The predicted octanol–water partition coefficient (Wildman–Crippen LogP) is 1.54. The van der Waals surface area contributed by atoms with Crippen molar-refractivity contribution in [3.05, 3.63) is 35.4 Å². The molecule has 0 radical (unpaired) electrons. The van der Waals surface area contributed by atoms with E-state index in [9.17, 15) is 8.78 Å². The van der Waals surface area contributed by atoms with Crippen molar-refractivity contribution in [2.45, 2.75) is 0 Å². The monoisotopic (exact) mass is 181 g/mol. The maximum absolute atomic E-state index is 12.6. The van der Waals surface area contributed by atoms with Gasteiger partial charge >= 0.3 is 0 Å². The van der Waals surface area contributed by atoms with Gasteiger partial charge in [-0.15, -0.1) is 0 Å². The summed E-state index contributed by atoms with van der Waals surface area (Å²) in [5.74, 6) is 3.73. The van der Waals surface area contributed by atoms with Crippen LogP contribution in [-0.4, -0.2) is 13.6 Å². The number of nitrogens with one attached hydrogen (secondary N) is 1. The molecule has 0 spiro atoms. The molecule has 13 heavy (non-hydrogen) atoms.